The molecule has 2 aliphatic rings. The second-order valence-corrected chi connectivity index (χ2v) is 30.3. The van der Waals surface area contributed by atoms with Crippen LogP contribution in [0.15, 0.2) is 0 Å². The molecule has 26 nitrogen and oxygen atoms in total. The van der Waals surface area contributed by atoms with Crippen LogP contribution in [-0.2, 0) is 76.6 Å². The molecule has 0 aliphatic carbocycles. The minimum Gasteiger partial charge on any atom is -0.466 e. The van der Waals surface area contributed by atoms with E-state index in [1.54, 1.807) is 62.7 Å². The second-order valence-electron chi connectivity index (χ2n) is 30.3. The Bertz CT molecular complexity index is 2670. The second kappa shape index (κ2) is 43.7. The van der Waals surface area contributed by atoms with Gasteiger partial charge in [0.05, 0.1) is 32.0 Å². The maximum absolute atomic E-state index is 15.2. The van der Waals surface area contributed by atoms with Crippen molar-refractivity contribution in [2.24, 2.45) is 47.3 Å². The van der Waals surface area contributed by atoms with Crippen LogP contribution in [0.4, 0.5) is 0 Å². The summed E-state index contributed by atoms with van der Waals surface area (Å²) in [6.45, 7) is 35.3. The van der Waals surface area contributed by atoms with Gasteiger partial charge in [-0.2, -0.15) is 0 Å². The molecule has 9 amide bonds. The molecule has 0 radical (unpaired) electrons. The van der Waals surface area contributed by atoms with Crippen LogP contribution in [0.2, 0.25) is 0 Å². The van der Waals surface area contributed by atoms with E-state index in [4.69, 9.17) is 19.0 Å². The first kappa shape index (κ1) is 90.0. The number of hydrogen-bond acceptors (Lipinski definition) is 17. The number of nitrogens with one attached hydrogen (secondary N) is 2. The molecule has 2 rings (SSSR count). The highest BCUT2D eigenvalue weighted by molar-refractivity contribution is 5.99. The lowest BCUT2D eigenvalue weighted by Crippen LogP contribution is -2.71. The first-order valence-electron chi connectivity index (χ1n) is 37.0. The molecule has 26 heteroatoms. The van der Waals surface area contributed by atoms with Crippen molar-refractivity contribution in [2.45, 2.75) is 262 Å². The van der Waals surface area contributed by atoms with Crippen molar-refractivity contribution in [3.05, 3.63) is 0 Å². The summed E-state index contributed by atoms with van der Waals surface area (Å²) in [6.07, 6.45) is 2.34. The molecule has 2 heterocycles. The largest absolute Gasteiger partial charge is 0.466 e. The molecule has 0 bridgehead atoms. The summed E-state index contributed by atoms with van der Waals surface area (Å²) >= 11 is 0. The third-order valence-electron chi connectivity index (χ3n) is 19.4. The van der Waals surface area contributed by atoms with Crippen molar-refractivity contribution in [2.75, 3.05) is 95.4 Å². The molecule has 100 heavy (non-hydrogen) atoms. The van der Waals surface area contributed by atoms with Gasteiger partial charge in [-0.05, 0) is 114 Å². The number of hydroxylamine groups is 2. The number of carbonyl (C=O) groups excluding carboxylic acids is 12. The van der Waals surface area contributed by atoms with Gasteiger partial charge in [0.2, 0.25) is 47.3 Å². The molecule has 574 valence electrons. The van der Waals surface area contributed by atoms with Gasteiger partial charge in [-0.15, -0.1) is 0 Å². The van der Waals surface area contributed by atoms with E-state index in [1.165, 1.54) is 64.5 Å². The van der Waals surface area contributed by atoms with Gasteiger partial charge in [-0.3, -0.25) is 67.3 Å². The highest BCUT2D eigenvalue weighted by Crippen LogP contribution is 2.35. The lowest BCUT2D eigenvalue weighted by Gasteiger charge is -2.50. The third kappa shape index (κ3) is 26.9. The van der Waals surface area contributed by atoms with Gasteiger partial charge in [0, 0.05) is 107 Å². The average Bonchev–Trinajstić information content (AvgIpc) is 0.754. The highest BCUT2D eigenvalue weighted by atomic mass is 16.7. The van der Waals surface area contributed by atoms with Gasteiger partial charge in [-0.25, -0.2) is 5.06 Å². The molecule has 0 aromatic carbocycles. The van der Waals surface area contributed by atoms with E-state index >= 15 is 9.59 Å². The van der Waals surface area contributed by atoms with Crippen molar-refractivity contribution < 1.29 is 76.6 Å². The monoisotopic (exact) mass is 1420 g/mol. The fraction of sp³-hybridized carbons (Fsp3) is 0.838. The number of ether oxygens (including phenoxy) is 3. The Labute approximate surface area is 599 Å². The van der Waals surface area contributed by atoms with E-state index in [9.17, 15) is 47.9 Å². The average molecular weight is 1420 g/mol. The molecular formula is C74H132N10O16. The van der Waals surface area contributed by atoms with Crippen molar-refractivity contribution in [3.63, 3.8) is 0 Å². The summed E-state index contributed by atoms with van der Waals surface area (Å²) in [5.74, 6) is -9.24. The number of hydrogen-bond donors (Lipinski definition) is 2. The maximum atomic E-state index is 15.2. The third-order valence-corrected chi connectivity index (χ3v) is 19.4. The van der Waals surface area contributed by atoms with Gasteiger partial charge in [-0.1, -0.05) is 104 Å². The van der Waals surface area contributed by atoms with Crippen molar-refractivity contribution >= 4 is 70.7 Å². The number of likely N-dealkylation sites (N-methyl/N-ethyl adjacent to an activating group) is 6. The van der Waals surface area contributed by atoms with Gasteiger partial charge in [0.25, 0.3) is 5.91 Å². The Morgan fingerprint density at radius 2 is 1.10 bits per heavy atom. The van der Waals surface area contributed by atoms with Crippen LogP contribution in [0.1, 0.15) is 201 Å². The molecule has 0 saturated carbocycles. The van der Waals surface area contributed by atoms with Gasteiger partial charge >= 0.3 is 5.97 Å². The number of amides is 9. The van der Waals surface area contributed by atoms with Crippen LogP contribution >= 0.6 is 0 Å². The van der Waals surface area contributed by atoms with Crippen LogP contribution in [0, 0.1) is 47.3 Å². The van der Waals surface area contributed by atoms with Gasteiger partial charge in [0.1, 0.15) is 42.4 Å². The van der Waals surface area contributed by atoms with Gasteiger partial charge < -0.3 is 54.2 Å². The Kier molecular flexibility index (Phi) is 39.4. The molecule has 13 atom stereocenters. The topological polar surface area (TPSA) is 292 Å². The first-order chi connectivity index (χ1) is 46.7. The molecule has 0 aromatic rings. The summed E-state index contributed by atoms with van der Waals surface area (Å²) in [5, 5.41) is 6.56. The van der Waals surface area contributed by atoms with Crippen LogP contribution in [0.25, 0.3) is 0 Å². The minimum absolute atomic E-state index is 0.0651. The number of unbranched alkanes of at least 4 members (excludes halogenated alkanes) is 1. The lowest BCUT2D eigenvalue weighted by molar-refractivity contribution is -0.322. The number of ketones is 2. The number of esters is 1. The quantitative estimate of drug-likeness (QED) is 0.0490. The Morgan fingerprint density at radius 1 is 0.560 bits per heavy atom. The highest BCUT2D eigenvalue weighted by Gasteiger charge is 2.54. The predicted octanol–water partition coefficient (Wildman–Crippen LogP) is 6.43. The molecular weight excluding hydrogens is 1280 g/mol. The van der Waals surface area contributed by atoms with E-state index in [0.29, 0.717) is 45.7 Å². The van der Waals surface area contributed by atoms with E-state index < -0.39 is 120 Å². The molecule has 0 spiro atoms. The number of carbonyl (C=O) groups is 12. The van der Waals surface area contributed by atoms with Crippen LogP contribution in [0.5, 0.6) is 0 Å². The van der Waals surface area contributed by atoms with Crippen molar-refractivity contribution in [1.82, 2.24) is 50.0 Å². The number of rotatable bonds is 45. The molecule has 2 N–H and O–H groups in total. The number of morpholine rings is 1. The standard InChI is InChI=1S/C74H132N10O16/c1-25-36-99-62(88)32-30-31-50(14)66-65(68(90)76-55(26-2)71(93)77(18)19)84(100-66)74(96)63(49(12)13)82(24)73(95)58(42-47(8)9)80(22)72(94)57(41-46(6)7)79(21)69(91)52(16)75-67(89)51(15)43-59(85)56(40-45(4)5)78(20)70(92)54(48(10)11)44-60(86)64(81(23)61(87)27-3)53(17)98-37-29-28-33-83-34-38-97-39-35-83/h45-58,63-66H,25-44H2,1-24H3,(H,75,89)(H,76,90)/t50-,51-,52-,53-,54+,55+,56+,57+,58+,63+,64+,65+,66-/m1/s1. The van der Waals surface area contributed by atoms with Crippen LogP contribution < -0.4 is 10.6 Å². The minimum atomic E-state index is -1.22. The van der Waals surface area contributed by atoms with Crippen molar-refractivity contribution in [3.8, 4) is 0 Å². The normalized spacial score (nSPS) is 18.3. The Hall–Kier alpha value is -6.12. The van der Waals surface area contributed by atoms with Crippen LogP contribution in [-0.4, -0.2) is 266 Å². The summed E-state index contributed by atoms with van der Waals surface area (Å²) in [4.78, 5) is 187. The van der Waals surface area contributed by atoms with Crippen LogP contribution in [0.3, 0.4) is 0 Å². The summed E-state index contributed by atoms with van der Waals surface area (Å²) in [5.41, 5.74) is 0. The van der Waals surface area contributed by atoms with E-state index in [-0.39, 0.29) is 110 Å². The smallest absolute Gasteiger partial charge is 0.305 e. The Balaban J connectivity index is 2.39. The Morgan fingerprint density at radius 3 is 1.61 bits per heavy atom. The molecule has 0 unspecified atom stereocenters. The van der Waals surface area contributed by atoms with E-state index in [1.807, 2.05) is 69.2 Å². The predicted molar refractivity (Wildman–Crippen MR) is 383 cm³/mol. The zero-order chi connectivity index (χ0) is 76.3. The van der Waals surface area contributed by atoms with E-state index in [0.717, 1.165) is 37.5 Å². The zero-order valence-corrected chi connectivity index (χ0v) is 65.6. The fourth-order valence-corrected chi connectivity index (χ4v) is 13.2. The van der Waals surface area contributed by atoms with E-state index in [2.05, 4.69) is 15.5 Å². The van der Waals surface area contributed by atoms with Crippen molar-refractivity contribution in [1.29, 1.82) is 0 Å². The SMILES string of the molecule is CCCOC(=O)CCC[C@@H](C)[C@H]1ON(C(=O)[C@H](C(C)C)N(C)C(=O)[C@H](CC(C)C)N(C)C(=O)[C@H](CC(C)C)N(C)C(=O)[C@@H](C)NC(=O)[C@H](C)CC(=O)[C@H](CC(C)C)N(C)C(=O)[C@@H](CC(=O)[C@H]([C@@H](C)OCCCCN2CCOCC2)N(C)C(=O)CC)C(C)C)[C@@H]1C(=O)N[C@@H](CC)C(=O)N(C)C. The maximum Gasteiger partial charge on any atom is 0.305 e. The fourth-order valence-electron chi connectivity index (χ4n) is 13.2. The number of Topliss-reactive ketones (excluding diaryl/α,β-unsaturated/α-hetero) is 2. The zero-order valence-electron chi connectivity index (χ0n) is 65.6. The molecule has 2 saturated heterocycles. The lowest BCUT2D eigenvalue weighted by atomic mass is 9.85. The molecule has 0 aromatic heterocycles. The summed E-state index contributed by atoms with van der Waals surface area (Å²) in [7, 11) is 10.7. The summed E-state index contributed by atoms with van der Waals surface area (Å²) in [6, 6.07) is -8.75. The molecule has 2 fully saturated rings. The first-order valence-corrected chi connectivity index (χ1v) is 37.0. The number of nitrogens with zero attached hydrogens (tertiary/aromatic N) is 8. The summed E-state index contributed by atoms with van der Waals surface area (Å²) < 4.78 is 16.9. The van der Waals surface area contributed by atoms with Gasteiger partial charge in [0.15, 0.2) is 17.6 Å². The molecule has 2 aliphatic heterocycles.